The quantitative estimate of drug-likeness (QED) is 0.564. The molecule has 0 radical (unpaired) electrons. The highest BCUT2D eigenvalue weighted by atomic mass is 19.1. The van der Waals surface area contributed by atoms with Gasteiger partial charge in [-0.05, 0) is 25.1 Å². The summed E-state index contributed by atoms with van der Waals surface area (Å²) in [6.45, 7) is 5.28. The molecule has 0 spiro atoms. The molecule has 0 amide bonds. The maximum absolute atomic E-state index is 14.5. The lowest BCUT2D eigenvalue weighted by Crippen LogP contribution is -2.36. The van der Waals surface area contributed by atoms with Gasteiger partial charge in [-0.2, -0.15) is 0 Å². The summed E-state index contributed by atoms with van der Waals surface area (Å²) < 4.78 is 19.9. The number of aromatic amines is 1. The number of fused-ring (bicyclic) bond motifs is 3. The SMILES string of the molecule is Cc1ncc(-c2ccccc2F)c2c1[nH]c1cc(N3CCOCC3)ccc12. The molecule has 1 N–H and O–H groups in total. The summed E-state index contributed by atoms with van der Waals surface area (Å²) in [6.07, 6.45) is 1.78. The first-order valence-corrected chi connectivity index (χ1v) is 9.21. The standard InChI is InChI=1S/C22H20FN3O/c1-14-22-21(18(13-24-14)16-4-2-3-5-19(16)23)17-7-6-15(12-20(17)25-22)26-8-10-27-11-9-26/h2-7,12-13,25H,8-11H2,1H3. The van der Waals surface area contributed by atoms with Crippen LogP contribution < -0.4 is 4.90 Å². The second kappa shape index (κ2) is 6.35. The predicted molar refractivity (Wildman–Crippen MR) is 107 cm³/mol. The number of pyridine rings is 1. The number of anilines is 1. The van der Waals surface area contributed by atoms with E-state index in [1.807, 2.05) is 19.1 Å². The molecule has 4 nitrogen and oxygen atoms in total. The molecule has 2 aromatic heterocycles. The Bertz CT molecular complexity index is 1150. The van der Waals surface area contributed by atoms with Crippen LogP contribution in [-0.2, 0) is 4.74 Å². The molecule has 1 aliphatic rings. The topological polar surface area (TPSA) is 41.2 Å². The van der Waals surface area contributed by atoms with Crippen molar-refractivity contribution >= 4 is 27.5 Å². The molecule has 1 fully saturated rings. The van der Waals surface area contributed by atoms with E-state index < -0.39 is 0 Å². The van der Waals surface area contributed by atoms with Crippen LogP contribution in [0, 0.1) is 12.7 Å². The number of aryl methyl sites for hydroxylation is 1. The van der Waals surface area contributed by atoms with Gasteiger partial charge in [0.25, 0.3) is 0 Å². The molecule has 0 saturated carbocycles. The number of rotatable bonds is 2. The average Bonchev–Trinajstić information content (AvgIpc) is 3.10. The van der Waals surface area contributed by atoms with Crippen molar-refractivity contribution in [2.45, 2.75) is 6.92 Å². The Hall–Kier alpha value is -2.92. The van der Waals surface area contributed by atoms with E-state index in [1.54, 1.807) is 12.3 Å². The molecule has 0 unspecified atom stereocenters. The molecule has 2 aromatic carbocycles. The molecule has 27 heavy (non-hydrogen) atoms. The summed E-state index contributed by atoms with van der Waals surface area (Å²) in [5.74, 6) is -0.233. The summed E-state index contributed by atoms with van der Waals surface area (Å²) in [5, 5.41) is 2.11. The van der Waals surface area contributed by atoms with Crippen LogP contribution in [0.3, 0.4) is 0 Å². The number of hydrogen-bond acceptors (Lipinski definition) is 3. The smallest absolute Gasteiger partial charge is 0.131 e. The van der Waals surface area contributed by atoms with E-state index >= 15 is 0 Å². The second-order valence-corrected chi connectivity index (χ2v) is 6.94. The third kappa shape index (κ3) is 2.66. The molecular formula is C22H20FN3O. The molecule has 1 saturated heterocycles. The van der Waals surface area contributed by atoms with Gasteiger partial charge in [0.2, 0.25) is 0 Å². The molecule has 0 aliphatic carbocycles. The van der Waals surface area contributed by atoms with Crippen molar-refractivity contribution in [1.82, 2.24) is 9.97 Å². The van der Waals surface area contributed by atoms with Gasteiger partial charge >= 0.3 is 0 Å². The summed E-state index contributed by atoms with van der Waals surface area (Å²) in [4.78, 5) is 10.4. The van der Waals surface area contributed by atoms with E-state index in [4.69, 9.17) is 4.74 Å². The summed E-state index contributed by atoms with van der Waals surface area (Å²) in [5.41, 5.74) is 5.49. The predicted octanol–water partition coefficient (Wildman–Crippen LogP) is 4.67. The van der Waals surface area contributed by atoms with E-state index in [0.717, 1.165) is 59.4 Å². The van der Waals surface area contributed by atoms with Crippen molar-refractivity contribution in [3.8, 4) is 11.1 Å². The molecule has 4 aromatic rings. The van der Waals surface area contributed by atoms with Crippen molar-refractivity contribution in [2.24, 2.45) is 0 Å². The Morgan fingerprint density at radius 3 is 2.70 bits per heavy atom. The number of benzene rings is 2. The van der Waals surface area contributed by atoms with Gasteiger partial charge in [-0.15, -0.1) is 0 Å². The highest BCUT2D eigenvalue weighted by Crippen LogP contribution is 2.37. The van der Waals surface area contributed by atoms with E-state index in [9.17, 15) is 4.39 Å². The van der Waals surface area contributed by atoms with E-state index in [-0.39, 0.29) is 5.82 Å². The summed E-state index contributed by atoms with van der Waals surface area (Å²) in [6, 6.07) is 13.3. The minimum Gasteiger partial charge on any atom is -0.378 e. The van der Waals surface area contributed by atoms with Crippen LogP contribution in [-0.4, -0.2) is 36.3 Å². The van der Waals surface area contributed by atoms with Gasteiger partial charge in [-0.1, -0.05) is 24.3 Å². The fourth-order valence-corrected chi connectivity index (χ4v) is 3.93. The van der Waals surface area contributed by atoms with Crippen LogP contribution in [0.15, 0.2) is 48.7 Å². The molecule has 3 heterocycles. The number of hydrogen-bond donors (Lipinski definition) is 1. The Balaban J connectivity index is 1.74. The zero-order valence-electron chi connectivity index (χ0n) is 15.1. The maximum Gasteiger partial charge on any atom is 0.131 e. The van der Waals surface area contributed by atoms with E-state index in [2.05, 4.69) is 33.1 Å². The Morgan fingerprint density at radius 1 is 1.07 bits per heavy atom. The monoisotopic (exact) mass is 361 g/mol. The first kappa shape index (κ1) is 16.3. The van der Waals surface area contributed by atoms with Crippen LogP contribution in [0.5, 0.6) is 0 Å². The zero-order chi connectivity index (χ0) is 18.4. The van der Waals surface area contributed by atoms with Crippen LogP contribution >= 0.6 is 0 Å². The lowest BCUT2D eigenvalue weighted by atomic mass is 10.00. The minimum atomic E-state index is -0.233. The second-order valence-electron chi connectivity index (χ2n) is 6.94. The average molecular weight is 361 g/mol. The fraction of sp³-hybridized carbons (Fsp3) is 0.227. The Labute approximate surface area is 156 Å². The lowest BCUT2D eigenvalue weighted by Gasteiger charge is -2.28. The zero-order valence-corrected chi connectivity index (χ0v) is 15.1. The highest BCUT2D eigenvalue weighted by molar-refractivity contribution is 6.15. The summed E-state index contributed by atoms with van der Waals surface area (Å²) >= 11 is 0. The number of ether oxygens (including phenoxy) is 1. The minimum absolute atomic E-state index is 0.233. The molecule has 0 atom stereocenters. The number of aromatic nitrogens is 2. The van der Waals surface area contributed by atoms with Gasteiger partial charge < -0.3 is 14.6 Å². The van der Waals surface area contributed by atoms with Crippen molar-refractivity contribution in [2.75, 3.05) is 31.2 Å². The van der Waals surface area contributed by atoms with E-state index in [1.165, 1.54) is 11.8 Å². The largest absolute Gasteiger partial charge is 0.378 e. The van der Waals surface area contributed by atoms with E-state index in [0.29, 0.717) is 5.56 Å². The molecule has 1 aliphatic heterocycles. The Morgan fingerprint density at radius 2 is 1.89 bits per heavy atom. The van der Waals surface area contributed by atoms with Crippen molar-refractivity contribution < 1.29 is 9.13 Å². The first-order valence-electron chi connectivity index (χ1n) is 9.21. The molecule has 136 valence electrons. The maximum atomic E-state index is 14.5. The van der Waals surface area contributed by atoms with Gasteiger partial charge in [-0.25, -0.2) is 4.39 Å². The third-order valence-electron chi connectivity index (χ3n) is 5.34. The number of morpholine rings is 1. The molecular weight excluding hydrogens is 341 g/mol. The number of halogens is 1. The van der Waals surface area contributed by atoms with Crippen molar-refractivity contribution in [1.29, 1.82) is 0 Å². The first-order chi connectivity index (χ1) is 13.2. The fourth-order valence-electron chi connectivity index (χ4n) is 3.93. The van der Waals surface area contributed by atoms with Gasteiger partial charge in [0.05, 0.1) is 24.4 Å². The molecule has 5 heteroatoms. The molecule has 5 rings (SSSR count). The van der Waals surface area contributed by atoms with Gasteiger partial charge in [0.15, 0.2) is 0 Å². The third-order valence-corrected chi connectivity index (χ3v) is 5.34. The van der Waals surface area contributed by atoms with Crippen LogP contribution in [0.4, 0.5) is 10.1 Å². The number of nitrogens with one attached hydrogen (secondary N) is 1. The summed E-state index contributed by atoms with van der Waals surface area (Å²) in [7, 11) is 0. The van der Waals surface area contributed by atoms with Gasteiger partial charge in [0.1, 0.15) is 5.82 Å². The van der Waals surface area contributed by atoms with Crippen LogP contribution in [0.25, 0.3) is 32.9 Å². The Kier molecular flexibility index (Phi) is 3.83. The molecule has 0 bridgehead atoms. The van der Waals surface area contributed by atoms with Gasteiger partial charge in [-0.3, -0.25) is 4.98 Å². The number of nitrogens with zero attached hydrogens (tertiary/aromatic N) is 2. The highest BCUT2D eigenvalue weighted by Gasteiger charge is 2.17. The van der Waals surface area contributed by atoms with Crippen molar-refractivity contribution in [3.05, 3.63) is 60.2 Å². The van der Waals surface area contributed by atoms with Gasteiger partial charge in [0, 0.05) is 52.4 Å². The van der Waals surface area contributed by atoms with Crippen LogP contribution in [0.2, 0.25) is 0 Å². The number of H-pyrrole nitrogens is 1. The van der Waals surface area contributed by atoms with Crippen molar-refractivity contribution in [3.63, 3.8) is 0 Å². The normalized spacial score (nSPS) is 15.0. The van der Waals surface area contributed by atoms with Crippen LogP contribution in [0.1, 0.15) is 5.69 Å². The lowest BCUT2D eigenvalue weighted by molar-refractivity contribution is 0.122.